The van der Waals surface area contributed by atoms with Gasteiger partial charge in [0.15, 0.2) is 0 Å². The highest BCUT2D eigenvalue weighted by Gasteiger charge is 2.31. The van der Waals surface area contributed by atoms with Crippen molar-refractivity contribution in [2.24, 2.45) is 0 Å². The van der Waals surface area contributed by atoms with Crippen molar-refractivity contribution in [3.8, 4) is 0 Å². The van der Waals surface area contributed by atoms with Gasteiger partial charge in [-0.1, -0.05) is 40.9 Å². The first-order valence-electron chi connectivity index (χ1n) is 7.75. The van der Waals surface area contributed by atoms with Crippen molar-refractivity contribution in [1.29, 1.82) is 0 Å². The molecule has 0 radical (unpaired) electrons. The molecule has 136 valence electrons. The standard InChI is InChI=1S/C17H16Cl3N5O/c1-17(2,25-8-11(18)6-22-25)16(26)23-12-7-21-24(9-12)10-13-14(19)4-3-5-15(13)20/h3-9H,10H2,1-2H3,(H,23,26). The molecule has 0 fully saturated rings. The molecule has 0 saturated carbocycles. The molecule has 1 aromatic carbocycles. The van der Waals surface area contributed by atoms with E-state index in [9.17, 15) is 4.79 Å². The number of nitrogens with one attached hydrogen (secondary N) is 1. The van der Waals surface area contributed by atoms with Crippen molar-refractivity contribution in [3.63, 3.8) is 0 Å². The van der Waals surface area contributed by atoms with Gasteiger partial charge < -0.3 is 5.32 Å². The predicted octanol–water partition coefficient (Wildman–Crippen LogP) is 4.46. The number of aromatic nitrogens is 4. The number of nitrogens with zero attached hydrogens (tertiary/aromatic N) is 4. The molecule has 0 bridgehead atoms. The Morgan fingerprint density at radius 1 is 1.12 bits per heavy atom. The average molecular weight is 413 g/mol. The molecule has 1 N–H and O–H groups in total. The molecule has 3 aromatic rings. The van der Waals surface area contributed by atoms with Crippen LogP contribution in [0.15, 0.2) is 43.0 Å². The fraction of sp³-hybridized carbons (Fsp3) is 0.235. The number of carbonyl (C=O) groups excluding carboxylic acids is 1. The Morgan fingerprint density at radius 3 is 2.42 bits per heavy atom. The van der Waals surface area contributed by atoms with Gasteiger partial charge in [-0.25, -0.2) is 0 Å². The van der Waals surface area contributed by atoms with E-state index in [1.54, 1.807) is 55.3 Å². The normalized spacial score (nSPS) is 11.6. The lowest BCUT2D eigenvalue weighted by Gasteiger charge is -2.23. The van der Waals surface area contributed by atoms with E-state index in [0.29, 0.717) is 27.3 Å². The molecule has 2 aromatic heterocycles. The topological polar surface area (TPSA) is 64.7 Å². The number of benzene rings is 1. The summed E-state index contributed by atoms with van der Waals surface area (Å²) in [5.41, 5.74) is 0.411. The molecule has 2 heterocycles. The minimum atomic E-state index is -0.915. The molecule has 1 amide bonds. The molecule has 0 unspecified atom stereocenters. The third kappa shape index (κ3) is 3.87. The van der Waals surface area contributed by atoms with Gasteiger partial charge >= 0.3 is 0 Å². The van der Waals surface area contributed by atoms with E-state index in [1.165, 1.54) is 10.9 Å². The molecule has 9 heteroatoms. The van der Waals surface area contributed by atoms with Gasteiger partial charge in [0.2, 0.25) is 0 Å². The Hall–Kier alpha value is -2.02. The van der Waals surface area contributed by atoms with Gasteiger partial charge in [0.05, 0.1) is 29.6 Å². The Kier molecular flexibility index (Phi) is 5.27. The maximum absolute atomic E-state index is 12.6. The van der Waals surface area contributed by atoms with Crippen molar-refractivity contribution in [2.75, 3.05) is 5.32 Å². The number of hydrogen-bond acceptors (Lipinski definition) is 3. The number of hydrogen-bond donors (Lipinski definition) is 1. The van der Waals surface area contributed by atoms with Crippen LogP contribution < -0.4 is 5.32 Å². The Morgan fingerprint density at radius 2 is 1.81 bits per heavy atom. The highest BCUT2D eigenvalue weighted by Crippen LogP contribution is 2.25. The van der Waals surface area contributed by atoms with E-state index in [4.69, 9.17) is 34.8 Å². The second-order valence-corrected chi connectivity index (χ2v) is 7.49. The zero-order valence-corrected chi connectivity index (χ0v) is 16.3. The summed E-state index contributed by atoms with van der Waals surface area (Å²) in [5.74, 6) is -0.243. The SMILES string of the molecule is CC(C)(C(=O)Nc1cnn(Cc2c(Cl)cccc2Cl)c1)n1cc(Cl)cn1. The third-order valence-corrected chi connectivity index (χ3v) is 4.86. The number of halogens is 3. The third-order valence-electron chi connectivity index (χ3n) is 3.95. The van der Waals surface area contributed by atoms with Crippen LogP contribution in [0.4, 0.5) is 5.69 Å². The Bertz CT molecular complexity index is 927. The molecule has 0 spiro atoms. The van der Waals surface area contributed by atoms with Crippen LogP contribution in [-0.2, 0) is 16.9 Å². The highest BCUT2D eigenvalue weighted by atomic mass is 35.5. The van der Waals surface area contributed by atoms with Crippen LogP contribution in [-0.4, -0.2) is 25.5 Å². The second kappa shape index (κ2) is 7.31. The first kappa shape index (κ1) is 18.8. The summed E-state index contributed by atoms with van der Waals surface area (Å²) in [4.78, 5) is 12.6. The molecule has 6 nitrogen and oxygen atoms in total. The van der Waals surface area contributed by atoms with E-state index < -0.39 is 5.54 Å². The van der Waals surface area contributed by atoms with Gasteiger partial charge in [-0.05, 0) is 26.0 Å². The molecule has 0 aliphatic rings. The van der Waals surface area contributed by atoms with E-state index in [-0.39, 0.29) is 5.91 Å². The monoisotopic (exact) mass is 411 g/mol. The molecule has 0 saturated heterocycles. The lowest BCUT2D eigenvalue weighted by Crippen LogP contribution is -2.40. The minimum Gasteiger partial charge on any atom is -0.321 e. The van der Waals surface area contributed by atoms with Crippen molar-refractivity contribution in [3.05, 3.63) is 63.6 Å². The van der Waals surface area contributed by atoms with Gasteiger partial charge in [0.1, 0.15) is 5.54 Å². The van der Waals surface area contributed by atoms with E-state index in [2.05, 4.69) is 15.5 Å². The van der Waals surface area contributed by atoms with Gasteiger partial charge in [0, 0.05) is 28.0 Å². The van der Waals surface area contributed by atoms with E-state index in [0.717, 1.165) is 5.56 Å². The lowest BCUT2D eigenvalue weighted by molar-refractivity contribution is -0.123. The van der Waals surface area contributed by atoms with Crippen molar-refractivity contribution >= 4 is 46.4 Å². The summed E-state index contributed by atoms with van der Waals surface area (Å²) < 4.78 is 3.17. The summed E-state index contributed by atoms with van der Waals surface area (Å²) in [6.45, 7) is 3.89. The smallest absolute Gasteiger partial charge is 0.251 e. The molecular formula is C17H16Cl3N5O. The molecule has 0 atom stereocenters. The van der Waals surface area contributed by atoms with E-state index >= 15 is 0 Å². The maximum atomic E-state index is 12.6. The summed E-state index contributed by atoms with van der Waals surface area (Å²) in [7, 11) is 0. The largest absolute Gasteiger partial charge is 0.321 e. The van der Waals surface area contributed by atoms with Crippen LogP contribution in [0, 0.1) is 0 Å². The van der Waals surface area contributed by atoms with Crippen LogP contribution in [0.2, 0.25) is 15.1 Å². The van der Waals surface area contributed by atoms with Crippen molar-refractivity contribution < 1.29 is 4.79 Å². The van der Waals surface area contributed by atoms with Crippen molar-refractivity contribution in [1.82, 2.24) is 19.6 Å². The van der Waals surface area contributed by atoms with E-state index in [1.807, 2.05) is 0 Å². The first-order valence-corrected chi connectivity index (χ1v) is 8.88. The number of carbonyl (C=O) groups is 1. The zero-order valence-electron chi connectivity index (χ0n) is 14.1. The fourth-order valence-electron chi connectivity index (χ4n) is 2.35. The van der Waals surface area contributed by atoms with Gasteiger partial charge in [-0.3, -0.25) is 14.2 Å². The molecule has 3 rings (SSSR count). The second-order valence-electron chi connectivity index (χ2n) is 6.24. The maximum Gasteiger partial charge on any atom is 0.251 e. The van der Waals surface area contributed by atoms with Crippen LogP contribution >= 0.6 is 34.8 Å². The minimum absolute atomic E-state index is 0.243. The molecule has 0 aliphatic carbocycles. The van der Waals surface area contributed by atoms with Crippen LogP contribution in [0.1, 0.15) is 19.4 Å². The number of amides is 1. The molecule has 0 aliphatic heterocycles. The lowest BCUT2D eigenvalue weighted by atomic mass is 10.1. The molecule has 26 heavy (non-hydrogen) atoms. The number of anilines is 1. The highest BCUT2D eigenvalue weighted by molar-refractivity contribution is 6.36. The zero-order chi connectivity index (χ0) is 18.9. The summed E-state index contributed by atoms with van der Waals surface area (Å²) in [6, 6.07) is 5.33. The Labute approximate surface area is 165 Å². The van der Waals surface area contributed by atoms with Crippen LogP contribution in [0.5, 0.6) is 0 Å². The average Bonchev–Trinajstić information content (AvgIpc) is 3.20. The van der Waals surface area contributed by atoms with Crippen molar-refractivity contribution in [2.45, 2.75) is 25.9 Å². The fourth-order valence-corrected chi connectivity index (χ4v) is 3.01. The first-order chi connectivity index (χ1) is 12.3. The summed E-state index contributed by atoms with van der Waals surface area (Å²) >= 11 is 18.3. The van der Waals surface area contributed by atoms with Gasteiger partial charge in [-0.2, -0.15) is 10.2 Å². The van der Waals surface area contributed by atoms with Crippen LogP contribution in [0.25, 0.3) is 0 Å². The van der Waals surface area contributed by atoms with Crippen LogP contribution in [0.3, 0.4) is 0 Å². The Balaban J connectivity index is 1.73. The summed E-state index contributed by atoms with van der Waals surface area (Å²) in [6.07, 6.45) is 6.37. The molecular weight excluding hydrogens is 397 g/mol. The van der Waals surface area contributed by atoms with Gasteiger partial charge in [-0.15, -0.1) is 0 Å². The predicted molar refractivity (Wildman–Crippen MR) is 103 cm³/mol. The van der Waals surface area contributed by atoms with Gasteiger partial charge in [0.25, 0.3) is 5.91 Å². The number of rotatable bonds is 5. The quantitative estimate of drug-likeness (QED) is 0.673. The summed E-state index contributed by atoms with van der Waals surface area (Å²) in [5, 5.41) is 12.8.